The van der Waals surface area contributed by atoms with Gasteiger partial charge in [0.05, 0.1) is 5.69 Å². The van der Waals surface area contributed by atoms with Crippen LogP contribution in [0.4, 0.5) is 0 Å². The number of alkyl halides is 1. The third-order valence-corrected chi connectivity index (χ3v) is 1.85. The van der Waals surface area contributed by atoms with Crippen LogP contribution in [0.5, 0.6) is 0 Å². The molecular weight excluding hydrogens is 206 g/mol. The molecule has 0 aliphatic carbocycles. The highest BCUT2D eigenvalue weighted by atomic mass is 79.9. The summed E-state index contributed by atoms with van der Waals surface area (Å²) in [6.07, 6.45) is 1.97. The van der Waals surface area contributed by atoms with Crippen molar-refractivity contribution in [3.8, 4) is 0 Å². The molecule has 0 bridgehead atoms. The fourth-order valence-electron chi connectivity index (χ4n) is 0.863. The Kier molecular flexibility index (Phi) is 3.05. The van der Waals surface area contributed by atoms with E-state index in [2.05, 4.69) is 40.1 Å². The molecule has 1 rings (SSSR count). The molecule has 0 amide bonds. The average Bonchev–Trinajstić information content (AvgIpc) is 2.34. The highest BCUT2D eigenvalue weighted by Crippen LogP contribution is 2.02. The van der Waals surface area contributed by atoms with Crippen LogP contribution < -0.4 is 0 Å². The molecule has 0 unspecified atom stereocenters. The summed E-state index contributed by atoms with van der Waals surface area (Å²) < 4.78 is 1.88. The Morgan fingerprint density at radius 2 is 2.36 bits per heavy atom. The second-order valence-electron chi connectivity index (χ2n) is 2.96. The molecule has 3 nitrogen and oxygen atoms in total. The number of halogens is 1. The van der Waals surface area contributed by atoms with Crippen LogP contribution in [0.1, 0.15) is 19.5 Å². The van der Waals surface area contributed by atoms with E-state index < -0.39 is 0 Å². The van der Waals surface area contributed by atoms with Gasteiger partial charge in [0, 0.05) is 18.1 Å². The molecule has 4 heteroatoms. The molecule has 0 aliphatic rings. The van der Waals surface area contributed by atoms with E-state index in [-0.39, 0.29) is 0 Å². The maximum Gasteiger partial charge on any atom is 0.0932 e. The summed E-state index contributed by atoms with van der Waals surface area (Å²) in [6.45, 7) is 5.27. The summed E-state index contributed by atoms with van der Waals surface area (Å²) in [5.41, 5.74) is 0.991. The zero-order valence-corrected chi connectivity index (χ0v) is 8.37. The molecule has 0 fully saturated rings. The van der Waals surface area contributed by atoms with Crippen molar-refractivity contribution in [2.75, 3.05) is 0 Å². The van der Waals surface area contributed by atoms with Gasteiger partial charge in [0.2, 0.25) is 0 Å². The third-order valence-electron chi connectivity index (χ3n) is 1.28. The summed E-state index contributed by atoms with van der Waals surface area (Å²) >= 11 is 3.32. The van der Waals surface area contributed by atoms with Gasteiger partial charge in [0.25, 0.3) is 0 Å². The van der Waals surface area contributed by atoms with Crippen molar-refractivity contribution in [1.82, 2.24) is 15.0 Å². The molecule has 0 spiro atoms. The maximum atomic E-state index is 3.96. The Morgan fingerprint density at radius 1 is 1.64 bits per heavy atom. The van der Waals surface area contributed by atoms with Gasteiger partial charge in [-0.25, -0.2) is 0 Å². The summed E-state index contributed by atoms with van der Waals surface area (Å²) in [5.74, 6) is 0.625. The van der Waals surface area contributed by atoms with Crippen LogP contribution >= 0.6 is 15.9 Å². The van der Waals surface area contributed by atoms with Crippen molar-refractivity contribution < 1.29 is 0 Å². The molecule has 11 heavy (non-hydrogen) atoms. The Hall–Kier alpha value is -0.380. The summed E-state index contributed by atoms with van der Waals surface area (Å²) in [6, 6.07) is 0. The second-order valence-corrected chi connectivity index (χ2v) is 3.52. The fourth-order valence-corrected chi connectivity index (χ4v) is 1.12. The number of nitrogens with zero attached hydrogens (tertiary/aromatic N) is 3. The minimum absolute atomic E-state index is 0.625. The van der Waals surface area contributed by atoms with E-state index in [9.17, 15) is 0 Å². The molecule has 0 aromatic carbocycles. The van der Waals surface area contributed by atoms with E-state index in [0.29, 0.717) is 5.92 Å². The van der Waals surface area contributed by atoms with Crippen LogP contribution in [-0.2, 0) is 11.9 Å². The lowest BCUT2D eigenvalue weighted by molar-refractivity contribution is 0.472. The smallest absolute Gasteiger partial charge is 0.0932 e. The van der Waals surface area contributed by atoms with Gasteiger partial charge in [-0.1, -0.05) is 35.0 Å². The van der Waals surface area contributed by atoms with Crippen LogP contribution in [0.2, 0.25) is 0 Å². The van der Waals surface area contributed by atoms with E-state index in [4.69, 9.17) is 0 Å². The first-order valence-corrected chi connectivity index (χ1v) is 4.79. The topological polar surface area (TPSA) is 30.7 Å². The highest BCUT2D eigenvalue weighted by Gasteiger charge is 1.99. The van der Waals surface area contributed by atoms with Gasteiger partial charge in [-0.3, -0.25) is 4.68 Å². The minimum Gasteiger partial charge on any atom is -0.252 e. The molecule has 0 aliphatic heterocycles. The first-order valence-electron chi connectivity index (χ1n) is 3.67. The fraction of sp³-hybridized carbons (Fsp3) is 0.714. The van der Waals surface area contributed by atoms with Crippen LogP contribution in [0.3, 0.4) is 0 Å². The maximum absolute atomic E-state index is 3.96. The highest BCUT2D eigenvalue weighted by molar-refractivity contribution is 9.08. The quantitative estimate of drug-likeness (QED) is 0.724. The lowest BCUT2D eigenvalue weighted by Crippen LogP contribution is -2.04. The SMILES string of the molecule is CC(C)Cn1cc(CBr)nn1. The molecule has 1 heterocycles. The second kappa shape index (κ2) is 3.85. The van der Waals surface area contributed by atoms with Gasteiger partial charge in [0.1, 0.15) is 0 Å². The van der Waals surface area contributed by atoms with Crippen LogP contribution in [0, 0.1) is 5.92 Å². The Balaban J connectivity index is 2.58. The monoisotopic (exact) mass is 217 g/mol. The lowest BCUT2D eigenvalue weighted by Gasteiger charge is -2.01. The predicted octanol–water partition coefficient (Wildman–Crippen LogP) is 1.83. The van der Waals surface area contributed by atoms with Gasteiger partial charge in [-0.2, -0.15) is 0 Å². The van der Waals surface area contributed by atoms with E-state index in [0.717, 1.165) is 17.6 Å². The number of rotatable bonds is 3. The molecule has 62 valence electrons. The molecule has 0 saturated heterocycles. The van der Waals surface area contributed by atoms with Gasteiger partial charge < -0.3 is 0 Å². The summed E-state index contributed by atoms with van der Waals surface area (Å²) in [4.78, 5) is 0. The van der Waals surface area contributed by atoms with Gasteiger partial charge in [-0.15, -0.1) is 5.10 Å². The largest absolute Gasteiger partial charge is 0.252 e. The average molecular weight is 218 g/mol. The first-order chi connectivity index (χ1) is 5.22. The normalized spacial score (nSPS) is 10.9. The minimum atomic E-state index is 0.625. The van der Waals surface area contributed by atoms with Crippen LogP contribution in [0.15, 0.2) is 6.20 Å². The molecule has 0 N–H and O–H groups in total. The van der Waals surface area contributed by atoms with Crippen molar-refractivity contribution in [3.63, 3.8) is 0 Å². The van der Waals surface area contributed by atoms with Crippen molar-refractivity contribution in [3.05, 3.63) is 11.9 Å². The molecular formula is C7H12BrN3. The van der Waals surface area contributed by atoms with E-state index >= 15 is 0 Å². The molecule has 0 radical (unpaired) electrons. The third kappa shape index (κ3) is 2.61. The summed E-state index contributed by atoms with van der Waals surface area (Å²) in [5, 5.41) is 8.70. The Morgan fingerprint density at radius 3 is 2.82 bits per heavy atom. The first kappa shape index (κ1) is 8.71. The molecule has 1 aromatic heterocycles. The van der Waals surface area contributed by atoms with Gasteiger partial charge in [-0.05, 0) is 5.92 Å². The van der Waals surface area contributed by atoms with Crippen molar-refractivity contribution in [2.45, 2.75) is 25.7 Å². The predicted molar refractivity (Wildman–Crippen MR) is 47.5 cm³/mol. The molecule has 0 atom stereocenters. The number of aromatic nitrogens is 3. The van der Waals surface area contributed by atoms with Crippen molar-refractivity contribution in [2.24, 2.45) is 5.92 Å². The molecule has 0 saturated carbocycles. The van der Waals surface area contributed by atoms with E-state index in [1.165, 1.54) is 0 Å². The van der Waals surface area contributed by atoms with Crippen LogP contribution in [0.25, 0.3) is 0 Å². The standard InChI is InChI=1S/C7H12BrN3/c1-6(2)4-11-5-7(3-8)9-10-11/h5-6H,3-4H2,1-2H3. The van der Waals surface area contributed by atoms with E-state index in [1.54, 1.807) is 0 Å². The number of hydrogen-bond acceptors (Lipinski definition) is 2. The van der Waals surface area contributed by atoms with E-state index in [1.807, 2.05) is 10.9 Å². The lowest BCUT2D eigenvalue weighted by atomic mass is 10.2. The van der Waals surface area contributed by atoms with Crippen LogP contribution in [-0.4, -0.2) is 15.0 Å². The molecule has 1 aromatic rings. The van der Waals surface area contributed by atoms with Crippen molar-refractivity contribution in [1.29, 1.82) is 0 Å². The van der Waals surface area contributed by atoms with Crippen molar-refractivity contribution >= 4 is 15.9 Å². The van der Waals surface area contributed by atoms with Gasteiger partial charge >= 0.3 is 0 Å². The summed E-state index contributed by atoms with van der Waals surface area (Å²) in [7, 11) is 0. The zero-order valence-electron chi connectivity index (χ0n) is 6.79. The van der Waals surface area contributed by atoms with Gasteiger partial charge in [0.15, 0.2) is 0 Å². The Labute approximate surface area is 74.9 Å². The number of hydrogen-bond donors (Lipinski definition) is 0. The Bertz CT molecular complexity index is 219. The zero-order chi connectivity index (χ0) is 8.27.